The molecule has 0 spiro atoms. The maximum Gasteiger partial charge on any atom is 0.408 e. The molecule has 194 valence electrons. The number of methoxy groups -OCH3 is 1. The van der Waals surface area contributed by atoms with E-state index in [1.165, 1.54) is 0 Å². The predicted molar refractivity (Wildman–Crippen MR) is 119 cm³/mol. The van der Waals surface area contributed by atoms with Crippen molar-refractivity contribution in [3.8, 4) is 5.69 Å². The zero-order valence-corrected chi connectivity index (χ0v) is 20.4. The van der Waals surface area contributed by atoms with E-state index in [1.807, 2.05) is 0 Å². The number of nitrogens with zero attached hydrogens (tertiary/aromatic N) is 4. The number of esters is 1. The number of para-hydroxylation sites is 1. The van der Waals surface area contributed by atoms with E-state index in [2.05, 4.69) is 25.6 Å². The molecule has 2 aromatic rings. The van der Waals surface area contributed by atoms with E-state index in [4.69, 9.17) is 4.74 Å². The summed E-state index contributed by atoms with van der Waals surface area (Å²) in [6.45, 7) is 4.70. The Morgan fingerprint density at radius 3 is 2.34 bits per heavy atom. The summed E-state index contributed by atoms with van der Waals surface area (Å²) in [4.78, 5) is 24.0. The number of carbonyl (C=O) groups excluding carboxylic acids is 2. The Labute approximate surface area is 201 Å². The van der Waals surface area contributed by atoms with Crippen LogP contribution in [0.4, 0.5) is 4.79 Å². The van der Waals surface area contributed by atoms with Crippen molar-refractivity contribution in [1.29, 1.82) is 0 Å². The van der Waals surface area contributed by atoms with E-state index in [-0.39, 0.29) is 0 Å². The molecule has 0 unspecified atom stereocenters. The lowest BCUT2D eigenvalue weighted by Gasteiger charge is -2.31. The molecule has 4 atom stereocenters. The Balaban J connectivity index is 2.17. The number of nitrogens with one attached hydrogen (secondary N) is 1. The number of tetrazole rings is 1. The number of amides is 1. The molecule has 1 heterocycles. The van der Waals surface area contributed by atoms with Gasteiger partial charge in [0.2, 0.25) is 9.84 Å². The van der Waals surface area contributed by atoms with Crippen LogP contribution in [0.1, 0.15) is 27.2 Å². The molecule has 1 amide bonds. The molecule has 4 N–H and O–H groups in total. The van der Waals surface area contributed by atoms with Crippen LogP contribution in [0.2, 0.25) is 0 Å². The molecule has 0 radical (unpaired) electrons. The SMILES string of the molecule is COC(=O)[C@@H](O)[C@H](NC(=O)OC(C)(C)C)[C@H](O)[C@@H](O)CCS(=O)(=O)c1nnnn1-c1ccccc1. The highest BCUT2D eigenvalue weighted by Gasteiger charge is 2.39. The van der Waals surface area contributed by atoms with Crippen LogP contribution in [-0.2, 0) is 24.1 Å². The number of rotatable bonds is 10. The van der Waals surface area contributed by atoms with Gasteiger partial charge in [0, 0.05) is 0 Å². The van der Waals surface area contributed by atoms with Gasteiger partial charge in [0.1, 0.15) is 11.7 Å². The van der Waals surface area contributed by atoms with Crippen LogP contribution in [0.3, 0.4) is 0 Å². The summed E-state index contributed by atoms with van der Waals surface area (Å²) in [6.07, 6.45) is -7.50. The summed E-state index contributed by atoms with van der Waals surface area (Å²) < 4.78 is 36.2. The van der Waals surface area contributed by atoms with E-state index in [9.17, 15) is 33.3 Å². The minimum absolute atomic E-state index is 0.388. The highest BCUT2D eigenvalue weighted by Crippen LogP contribution is 2.17. The fraction of sp³-hybridized carbons (Fsp3) is 0.550. The van der Waals surface area contributed by atoms with Gasteiger partial charge in [-0.05, 0) is 49.8 Å². The van der Waals surface area contributed by atoms with E-state index < -0.39 is 69.2 Å². The first-order chi connectivity index (χ1) is 16.3. The molecule has 15 heteroatoms. The summed E-state index contributed by atoms with van der Waals surface area (Å²) in [5.74, 6) is -1.90. The molecule has 1 aromatic heterocycles. The molecule has 35 heavy (non-hydrogen) atoms. The van der Waals surface area contributed by atoms with Gasteiger partial charge in [-0.15, -0.1) is 0 Å². The van der Waals surface area contributed by atoms with E-state index in [0.29, 0.717) is 5.69 Å². The minimum atomic E-state index is -4.15. The first-order valence-electron chi connectivity index (χ1n) is 10.4. The second-order valence-corrected chi connectivity index (χ2v) is 10.5. The fourth-order valence-corrected chi connectivity index (χ4v) is 4.24. The van der Waals surface area contributed by atoms with Crippen LogP contribution in [-0.4, -0.2) is 98.8 Å². The third-order valence-corrected chi connectivity index (χ3v) is 6.21. The van der Waals surface area contributed by atoms with Gasteiger partial charge in [-0.25, -0.2) is 18.0 Å². The normalized spacial score (nSPS) is 15.5. The number of aliphatic hydroxyl groups excluding tert-OH is 3. The molecule has 0 saturated heterocycles. The van der Waals surface area contributed by atoms with Crippen LogP contribution in [0.25, 0.3) is 5.69 Å². The van der Waals surface area contributed by atoms with Crippen molar-refractivity contribution in [2.24, 2.45) is 0 Å². The number of aromatic nitrogens is 4. The molecule has 0 aliphatic rings. The van der Waals surface area contributed by atoms with Crippen molar-refractivity contribution in [2.75, 3.05) is 12.9 Å². The number of alkyl carbamates (subject to hydrolysis) is 1. The quantitative estimate of drug-likeness (QED) is 0.281. The van der Waals surface area contributed by atoms with Crippen molar-refractivity contribution < 1.29 is 42.8 Å². The summed E-state index contributed by atoms with van der Waals surface area (Å²) in [5.41, 5.74) is -0.551. The van der Waals surface area contributed by atoms with Gasteiger partial charge < -0.3 is 30.1 Å². The molecule has 0 saturated carbocycles. The molecule has 14 nitrogen and oxygen atoms in total. The third-order valence-electron chi connectivity index (χ3n) is 4.63. The summed E-state index contributed by atoms with van der Waals surface area (Å²) in [5, 5.41) is 43.5. The third kappa shape index (κ3) is 7.68. The average Bonchev–Trinajstić information content (AvgIpc) is 3.30. The number of hydrogen-bond donors (Lipinski definition) is 4. The lowest BCUT2D eigenvalue weighted by molar-refractivity contribution is -0.155. The van der Waals surface area contributed by atoms with Gasteiger partial charge in [-0.3, -0.25) is 0 Å². The molecule has 0 aliphatic carbocycles. The molecule has 0 aliphatic heterocycles. The van der Waals surface area contributed by atoms with Crippen molar-refractivity contribution in [3.05, 3.63) is 30.3 Å². The van der Waals surface area contributed by atoms with Crippen LogP contribution in [0, 0.1) is 0 Å². The Bertz CT molecular complexity index is 1100. The van der Waals surface area contributed by atoms with Crippen molar-refractivity contribution in [3.63, 3.8) is 0 Å². The van der Waals surface area contributed by atoms with Gasteiger partial charge in [-0.1, -0.05) is 23.3 Å². The zero-order chi connectivity index (χ0) is 26.4. The molecule has 0 bridgehead atoms. The van der Waals surface area contributed by atoms with Crippen molar-refractivity contribution in [1.82, 2.24) is 25.5 Å². The lowest BCUT2D eigenvalue weighted by Crippen LogP contribution is -2.58. The standard InChI is InChI=1S/C20H29N5O9S/c1-20(2,3)34-19(30)21-14(16(28)17(29)33-4)15(27)13(26)10-11-35(31,32)18-22-23-24-25(18)12-8-6-5-7-9-12/h5-9,13-16,26-28H,10-11H2,1-4H3,(H,21,30)/t13-,14+,15+,16-/m0/s1. The predicted octanol–water partition coefficient (Wildman–Crippen LogP) is -1.02. The van der Waals surface area contributed by atoms with Gasteiger partial charge in [0.25, 0.3) is 5.16 Å². The molecule has 1 aromatic carbocycles. The first kappa shape index (κ1) is 28.1. The number of aliphatic hydroxyl groups is 3. The van der Waals surface area contributed by atoms with Crippen molar-refractivity contribution in [2.45, 2.75) is 62.3 Å². The highest BCUT2D eigenvalue weighted by atomic mass is 32.2. The molecule has 0 fully saturated rings. The van der Waals surface area contributed by atoms with Crippen LogP contribution in [0.5, 0.6) is 0 Å². The number of hydrogen-bond acceptors (Lipinski definition) is 12. The summed E-state index contributed by atoms with van der Waals surface area (Å²) in [6, 6.07) is 6.47. The van der Waals surface area contributed by atoms with Gasteiger partial charge in [0.15, 0.2) is 6.10 Å². The smallest absolute Gasteiger partial charge is 0.408 e. The molecular formula is C20H29N5O9S. The van der Waals surface area contributed by atoms with Crippen LogP contribution in [0.15, 0.2) is 35.5 Å². The fourth-order valence-electron chi connectivity index (χ4n) is 2.94. The summed E-state index contributed by atoms with van der Waals surface area (Å²) >= 11 is 0. The van der Waals surface area contributed by atoms with E-state index in [0.717, 1.165) is 11.8 Å². The topological polar surface area (TPSA) is 203 Å². The Kier molecular flexibility index (Phi) is 9.25. The maximum atomic E-state index is 12.8. The van der Waals surface area contributed by atoms with Gasteiger partial charge in [-0.2, -0.15) is 4.68 Å². The first-order valence-corrected chi connectivity index (χ1v) is 12.1. The van der Waals surface area contributed by atoms with E-state index in [1.54, 1.807) is 51.1 Å². The van der Waals surface area contributed by atoms with Gasteiger partial charge >= 0.3 is 12.1 Å². The number of ether oxygens (including phenoxy) is 2. The maximum absolute atomic E-state index is 12.8. The number of sulfone groups is 1. The Morgan fingerprint density at radius 2 is 1.77 bits per heavy atom. The number of benzene rings is 1. The average molecular weight is 516 g/mol. The van der Waals surface area contributed by atoms with Crippen molar-refractivity contribution >= 4 is 21.9 Å². The lowest BCUT2D eigenvalue weighted by atomic mass is 9.98. The summed E-state index contributed by atoms with van der Waals surface area (Å²) in [7, 11) is -3.17. The van der Waals surface area contributed by atoms with Gasteiger partial charge in [0.05, 0.1) is 30.7 Å². The number of carbonyl (C=O) groups is 2. The second kappa shape index (κ2) is 11.5. The minimum Gasteiger partial charge on any atom is -0.467 e. The highest BCUT2D eigenvalue weighted by molar-refractivity contribution is 7.91. The Hall–Kier alpha value is -3.14. The zero-order valence-electron chi connectivity index (χ0n) is 19.6. The largest absolute Gasteiger partial charge is 0.467 e. The molecule has 2 rings (SSSR count). The second-order valence-electron chi connectivity index (χ2n) is 8.51. The van der Waals surface area contributed by atoms with E-state index >= 15 is 0 Å². The van der Waals surface area contributed by atoms with Crippen LogP contribution < -0.4 is 5.32 Å². The van der Waals surface area contributed by atoms with Crippen LogP contribution >= 0.6 is 0 Å². The Morgan fingerprint density at radius 1 is 1.14 bits per heavy atom. The monoisotopic (exact) mass is 515 g/mol. The molecular weight excluding hydrogens is 486 g/mol.